The molecule has 0 spiro atoms. The third-order valence-corrected chi connectivity index (χ3v) is 7.17. The molecule has 0 amide bonds. The van der Waals surface area contributed by atoms with Crippen molar-refractivity contribution in [3.8, 4) is 0 Å². The first-order valence-corrected chi connectivity index (χ1v) is 13.0. The lowest BCUT2D eigenvalue weighted by molar-refractivity contribution is -0.153. The molecule has 3 aromatic rings. The van der Waals surface area contributed by atoms with Gasteiger partial charge in [0.05, 0.1) is 19.0 Å². The molecule has 1 aromatic carbocycles. The third-order valence-electron chi connectivity index (χ3n) is 7.17. The molecular formula is C26H30F2N6O4. The lowest BCUT2D eigenvalue weighted by Gasteiger charge is -2.28. The van der Waals surface area contributed by atoms with Crippen LogP contribution in [0.25, 0.3) is 11.2 Å². The van der Waals surface area contributed by atoms with Crippen molar-refractivity contribution in [2.75, 3.05) is 10.6 Å². The van der Waals surface area contributed by atoms with Crippen molar-refractivity contribution < 1.29 is 28.2 Å². The number of aliphatic carboxylic acids is 1. The van der Waals surface area contributed by atoms with Crippen LogP contribution >= 0.6 is 0 Å². The Hall–Kier alpha value is -3.83. The van der Waals surface area contributed by atoms with Crippen LogP contribution in [0.1, 0.15) is 70.3 Å². The van der Waals surface area contributed by atoms with Crippen molar-refractivity contribution in [2.45, 2.75) is 82.4 Å². The van der Waals surface area contributed by atoms with Crippen LogP contribution in [-0.2, 0) is 14.3 Å². The molecule has 10 nitrogen and oxygen atoms in total. The fraction of sp³-hybridized carbons (Fsp3) is 0.500. The molecule has 0 radical (unpaired) electrons. The molecule has 38 heavy (non-hydrogen) atoms. The summed E-state index contributed by atoms with van der Waals surface area (Å²) in [5.74, 6) is -2.16. The molecule has 2 heterocycles. The molecule has 2 saturated carbocycles. The summed E-state index contributed by atoms with van der Waals surface area (Å²) in [6, 6.07) is 3.89. The molecule has 0 bridgehead atoms. The molecule has 0 aliphatic heterocycles. The van der Waals surface area contributed by atoms with Gasteiger partial charge in [-0.15, -0.1) is 0 Å². The smallest absolute Gasteiger partial charge is 0.306 e. The van der Waals surface area contributed by atoms with Crippen LogP contribution in [0.15, 0.2) is 24.4 Å². The molecule has 202 valence electrons. The second-order valence-corrected chi connectivity index (χ2v) is 9.87. The molecule has 2 aromatic heterocycles. The minimum atomic E-state index is -1.02. The van der Waals surface area contributed by atoms with E-state index in [1.165, 1.54) is 18.2 Å². The number of anilines is 3. The number of fused-ring (bicyclic) bond motifs is 1. The van der Waals surface area contributed by atoms with Gasteiger partial charge in [0, 0.05) is 12.1 Å². The van der Waals surface area contributed by atoms with E-state index >= 15 is 0 Å². The summed E-state index contributed by atoms with van der Waals surface area (Å²) in [5.41, 5.74) is 0.863. The Morgan fingerprint density at radius 2 is 1.74 bits per heavy atom. The number of imidazole rings is 1. The predicted octanol–water partition coefficient (Wildman–Crippen LogP) is 5.09. The quantitative estimate of drug-likeness (QED) is 0.325. The summed E-state index contributed by atoms with van der Waals surface area (Å²) in [5, 5.41) is 14.9. The van der Waals surface area contributed by atoms with Crippen molar-refractivity contribution in [3.05, 3.63) is 36.0 Å². The number of ether oxygens (including phenoxy) is 1. The highest BCUT2D eigenvalue weighted by atomic mass is 19.1. The molecule has 12 heteroatoms. The number of carboxylic acids is 1. The fourth-order valence-electron chi connectivity index (χ4n) is 5.25. The van der Waals surface area contributed by atoms with E-state index in [9.17, 15) is 18.4 Å². The minimum absolute atomic E-state index is 0.0781. The monoisotopic (exact) mass is 528 g/mol. The summed E-state index contributed by atoms with van der Waals surface area (Å²) >= 11 is 0. The van der Waals surface area contributed by atoms with Gasteiger partial charge in [0.15, 0.2) is 5.65 Å². The summed E-state index contributed by atoms with van der Waals surface area (Å²) in [6.07, 6.45) is 7.74. The number of carbonyl (C=O) groups excluding carboxylic acids is 1. The van der Waals surface area contributed by atoms with E-state index in [2.05, 4.69) is 20.6 Å². The lowest BCUT2D eigenvalue weighted by atomic mass is 9.93. The van der Waals surface area contributed by atoms with Gasteiger partial charge in [0.1, 0.15) is 28.9 Å². The Labute approximate surface area is 217 Å². The van der Waals surface area contributed by atoms with Crippen LogP contribution in [0.3, 0.4) is 0 Å². The van der Waals surface area contributed by atoms with E-state index in [-0.39, 0.29) is 36.7 Å². The number of carboxylic acid groups (broad SMARTS) is 1. The number of nitrogens with one attached hydrogen (secondary N) is 2. The van der Waals surface area contributed by atoms with Crippen LogP contribution in [0.5, 0.6) is 0 Å². The van der Waals surface area contributed by atoms with Crippen LogP contribution < -0.4 is 10.6 Å². The average molecular weight is 529 g/mol. The Balaban J connectivity index is 1.30. The van der Waals surface area contributed by atoms with Crippen molar-refractivity contribution >= 4 is 40.7 Å². The topological polar surface area (TPSA) is 131 Å². The molecule has 0 atom stereocenters. The highest BCUT2D eigenvalue weighted by Crippen LogP contribution is 2.36. The number of halogens is 2. The van der Waals surface area contributed by atoms with Crippen LogP contribution in [0.2, 0.25) is 0 Å². The molecule has 0 unspecified atom stereocenters. The normalized spacial score (nSPS) is 19.9. The number of rotatable bonds is 9. The number of aromatic nitrogens is 4. The maximum absolute atomic E-state index is 14.4. The molecule has 3 N–H and O–H groups in total. The number of esters is 1. The molecule has 2 aliphatic carbocycles. The van der Waals surface area contributed by atoms with Gasteiger partial charge in [0.25, 0.3) is 0 Å². The number of para-hydroxylation sites is 1. The van der Waals surface area contributed by atoms with Gasteiger partial charge in [-0.05, 0) is 50.7 Å². The van der Waals surface area contributed by atoms with E-state index in [1.807, 2.05) is 4.57 Å². The zero-order valence-corrected chi connectivity index (χ0v) is 20.8. The van der Waals surface area contributed by atoms with Crippen molar-refractivity contribution in [2.24, 2.45) is 0 Å². The van der Waals surface area contributed by atoms with E-state index in [1.54, 1.807) is 6.20 Å². The second-order valence-electron chi connectivity index (χ2n) is 9.87. The van der Waals surface area contributed by atoms with Gasteiger partial charge in [0.2, 0.25) is 11.9 Å². The number of hydrogen-bond donors (Lipinski definition) is 3. The molecular weight excluding hydrogens is 498 g/mol. The second kappa shape index (κ2) is 11.3. The average Bonchev–Trinajstić information content (AvgIpc) is 3.53. The Bertz CT molecular complexity index is 1300. The van der Waals surface area contributed by atoms with Gasteiger partial charge in [-0.3, -0.25) is 14.2 Å². The molecule has 0 saturated heterocycles. The molecule has 5 rings (SSSR count). The Kier molecular flexibility index (Phi) is 7.66. The zero-order valence-electron chi connectivity index (χ0n) is 20.8. The standard InChI is InChI=1S/C26H30F2N6O4/c27-18-6-3-7-19(28)23(18)32-26-31-20-14-29-25(33-24(20)34(26)16-4-1-2-5-16)30-15-8-10-17(11-9-15)38-22(37)13-12-21(35)36/h3,6-7,14-17H,1-2,4-5,8-13H2,(H,31,32)(H,35,36)(H,29,30,33)/t15-,17-. The zero-order chi connectivity index (χ0) is 26.6. The van der Waals surface area contributed by atoms with Crippen molar-refractivity contribution in [1.82, 2.24) is 19.5 Å². The third kappa shape index (κ3) is 5.84. The predicted molar refractivity (Wildman–Crippen MR) is 135 cm³/mol. The van der Waals surface area contributed by atoms with Gasteiger partial charge < -0.3 is 20.5 Å². The van der Waals surface area contributed by atoms with E-state index in [4.69, 9.17) is 14.8 Å². The fourth-order valence-corrected chi connectivity index (χ4v) is 5.25. The molecule has 2 aliphatic rings. The highest BCUT2D eigenvalue weighted by molar-refractivity contribution is 5.77. The van der Waals surface area contributed by atoms with E-state index in [0.29, 0.717) is 35.9 Å². The minimum Gasteiger partial charge on any atom is -0.481 e. The molecule has 2 fully saturated rings. The first kappa shape index (κ1) is 25.8. The SMILES string of the molecule is O=C(O)CCC(=O)O[C@H]1CC[C@H](Nc2ncc3nc(Nc4c(F)cccc4F)n(C4CCCC4)c3n2)CC1. The summed E-state index contributed by atoms with van der Waals surface area (Å²) in [6.45, 7) is 0. The first-order valence-electron chi connectivity index (χ1n) is 13.0. The van der Waals surface area contributed by atoms with E-state index in [0.717, 1.165) is 38.5 Å². The maximum Gasteiger partial charge on any atom is 0.306 e. The first-order chi connectivity index (χ1) is 18.4. The van der Waals surface area contributed by atoms with Gasteiger partial charge >= 0.3 is 11.9 Å². The summed E-state index contributed by atoms with van der Waals surface area (Å²) < 4.78 is 36.1. The Morgan fingerprint density at radius 1 is 1.03 bits per heavy atom. The highest BCUT2D eigenvalue weighted by Gasteiger charge is 2.27. The number of benzene rings is 1. The summed E-state index contributed by atoms with van der Waals surface area (Å²) in [4.78, 5) is 36.2. The van der Waals surface area contributed by atoms with Gasteiger partial charge in [-0.1, -0.05) is 18.9 Å². The van der Waals surface area contributed by atoms with Gasteiger partial charge in [-0.25, -0.2) is 18.7 Å². The lowest BCUT2D eigenvalue weighted by Crippen LogP contribution is -2.31. The largest absolute Gasteiger partial charge is 0.481 e. The van der Waals surface area contributed by atoms with Crippen molar-refractivity contribution in [3.63, 3.8) is 0 Å². The van der Waals surface area contributed by atoms with Crippen LogP contribution in [0.4, 0.5) is 26.4 Å². The van der Waals surface area contributed by atoms with Crippen LogP contribution in [-0.4, -0.2) is 48.7 Å². The van der Waals surface area contributed by atoms with Gasteiger partial charge in [-0.2, -0.15) is 4.98 Å². The van der Waals surface area contributed by atoms with Crippen molar-refractivity contribution in [1.29, 1.82) is 0 Å². The number of carbonyl (C=O) groups is 2. The number of nitrogens with zero attached hydrogens (tertiary/aromatic N) is 4. The number of hydrogen-bond acceptors (Lipinski definition) is 8. The van der Waals surface area contributed by atoms with Crippen LogP contribution in [0, 0.1) is 11.6 Å². The summed E-state index contributed by atoms with van der Waals surface area (Å²) in [7, 11) is 0. The van der Waals surface area contributed by atoms with E-state index < -0.39 is 23.6 Å². The maximum atomic E-state index is 14.4. The Morgan fingerprint density at radius 3 is 2.42 bits per heavy atom.